The number of piperidine rings is 1. The maximum atomic E-state index is 12.6. The summed E-state index contributed by atoms with van der Waals surface area (Å²) < 4.78 is 28.3. The lowest BCUT2D eigenvalue weighted by Gasteiger charge is -2.29. The molecule has 2 atom stereocenters. The Hall–Kier alpha value is -0.960. The van der Waals surface area contributed by atoms with Gasteiger partial charge in [-0.05, 0) is 43.4 Å². The summed E-state index contributed by atoms with van der Waals surface area (Å²) in [5.74, 6) is 0.702. The summed E-state index contributed by atoms with van der Waals surface area (Å²) in [4.78, 5) is 12.6. The average Bonchev–Trinajstić information content (AvgIpc) is 2.98. The van der Waals surface area contributed by atoms with Gasteiger partial charge < -0.3 is 10.6 Å². The molecule has 1 fully saturated rings. The minimum atomic E-state index is -3.49. The van der Waals surface area contributed by atoms with Crippen molar-refractivity contribution in [1.29, 1.82) is 0 Å². The van der Waals surface area contributed by atoms with Crippen LogP contribution in [0.3, 0.4) is 0 Å². The summed E-state index contributed by atoms with van der Waals surface area (Å²) in [5, 5.41) is 6.11. The van der Waals surface area contributed by atoms with Gasteiger partial charge in [-0.15, -0.1) is 11.3 Å². The molecular weight excluding hydrogens is 358 g/mol. The molecule has 2 rings (SSSR count). The van der Waals surface area contributed by atoms with Gasteiger partial charge in [0.2, 0.25) is 15.9 Å². The topological polar surface area (TPSA) is 87.3 Å². The van der Waals surface area contributed by atoms with Gasteiger partial charge in [-0.1, -0.05) is 20.8 Å². The Bertz CT molecular complexity index is 670. The van der Waals surface area contributed by atoms with Crippen molar-refractivity contribution >= 4 is 27.3 Å². The molecule has 0 spiro atoms. The normalized spacial score (nSPS) is 21.4. The smallest absolute Gasteiger partial charge is 0.250 e. The van der Waals surface area contributed by atoms with Crippen LogP contribution in [0.25, 0.3) is 0 Å². The van der Waals surface area contributed by atoms with Gasteiger partial charge in [0.25, 0.3) is 0 Å². The third-order valence-electron chi connectivity index (χ3n) is 4.32. The zero-order chi connectivity index (χ0) is 18.4. The average molecular weight is 388 g/mol. The Labute approximate surface area is 154 Å². The number of amides is 1. The number of nitrogens with one attached hydrogen (secondary N) is 3. The van der Waals surface area contributed by atoms with E-state index in [0.29, 0.717) is 42.0 Å². The number of carbonyl (C=O) groups excluding carboxylic acids is 1. The van der Waals surface area contributed by atoms with E-state index < -0.39 is 10.0 Å². The van der Waals surface area contributed by atoms with E-state index in [0.717, 1.165) is 17.8 Å². The second kappa shape index (κ2) is 9.12. The monoisotopic (exact) mass is 387 g/mol. The Morgan fingerprint density at radius 2 is 2.16 bits per heavy atom. The van der Waals surface area contributed by atoms with Crippen LogP contribution in [0.2, 0.25) is 0 Å². The van der Waals surface area contributed by atoms with Crippen molar-refractivity contribution in [3.63, 3.8) is 0 Å². The summed E-state index contributed by atoms with van der Waals surface area (Å²) in [6.45, 7) is 8.22. The molecule has 3 N–H and O–H groups in total. The molecule has 0 aliphatic carbocycles. The van der Waals surface area contributed by atoms with Crippen molar-refractivity contribution in [2.24, 2.45) is 11.8 Å². The third kappa shape index (κ3) is 6.36. The molecule has 142 valence electrons. The maximum absolute atomic E-state index is 12.6. The number of carbonyl (C=O) groups is 1. The standard InChI is InChI=1S/C17H29N3O3S2/c1-12(2)10-16(21)19-9-7-14-4-5-17(24-14)25(22,23)20-15-11-18-8-6-13(15)3/h4-5,12-13,15,18,20H,6-11H2,1-3H3,(H,19,21). The van der Waals surface area contributed by atoms with Crippen LogP contribution in [0.15, 0.2) is 16.3 Å². The third-order valence-corrected chi connectivity index (χ3v) is 7.45. The van der Waals surface area contributed by atoms with Crippen molar-refractivity contribution in [2.45, 2.75) is 50.3 Å². The molecule has 1 amide bonds. The lowest BCUT2D eigenvalue weighted by Crippen LogP contribution is -2.49. The Balaban J connectivity index is 1.87. The van der Waals surface area contributed by atoms with Crippen molar-refractivity contribution in [3.8, 4) is 0 Å². The van der Waals surface area contributed by atoms with Crippen molar-refractivity contribution < 1.29 is 13.2 Å². The highest BCUT2D eigenvalue weighted by atomic mass is 32.2. The number of hydrogen-bond donors (Lipinski definition) is 3. The molecule has 0 saturated carbocycles. The van der Waals surface area contributed by atoms with E-state index >= 15 is 0 Å². The zero-order valence-electron chi connectivity index (χ0n) is 15.2. The number of sulfonamides is 1. The van der Waals surface area contributed by atoms with Gasteiger partial charge in [-0.2, -0.15) is 0 Å². The molecule has 0 bridgehead atoms. The van der Waals surface area contributed by atoms with Crippen LogP contribution in [-0.4, -0.2) is 40.0 Å². The summed E-state index contributed by atoms with van der Waals surface area (Å²) in [5.41, 5.74) is 0. The van der Waals surface area contributed by atoms with Crippen molar-refractivity contribution in [1.82, 2.24) is 15.4 Å². The molecule has 1 aliphatic heterocycles. The van der Waals surface area contributed by atoms with Crippen molar-refractivity contribution in [2.75, 3.05) is 19.6 Å². The molecular formula is C17H29N3O3S2. The Kier molecular flexibility index (Phi) is 7.42. The highest BCUT2D eigenvalue weighted by Crippen LogP contribution is 2.23. The Morgan fingerprint density at radius 3 is 2.84 bits per heavy atom. The fraction of sp³-hybridized carbons (Fsp3) is 0.706. The van der Waals surface area contributed by atoms with E-state index in [-0.39, 0.29) is 11.9 Å². The minimum absolute atomic E-state index is 0.0415. The molecule has 1 saturated heterocycles. The number of hydrogen-bond acceptors (Lipinski definition) is 5. The van der Waals surface area contributed by atoms with Crippen LogP contribution in [0, 0.1) is 11.8 Å². The molecule has 2 unspecified atom stereocenters. The lowest BCUT2D eigenvalue weighted by atomic mass is 9.96. The van der Waals surface area contributed by atoms with E-state index in [1.165, 1.54) is 11.3 Å². The van der Waals surface area contributed by atoms with E-state index in [9.17, 15) is 13.2 Å². The first-order valence-electron chi connectivity index (χ1n) is 8.86. The molecule has 1 aliphatic rings. The number of rotatable bonds is 8. The molecule has 25 heavy (non-hydrogen) atoms. The summed E-state index contributed by atoms with van der Waals surface area (Å²) in [6, 6.07) is 3.41. The SMILES string of the molecule is CC(C)CC(=O)NCCc1ccc(S(=O)(=O)NC2CNCCC2C)s1. The van der Waals surface area contributed by atoms with Gasteiger partial charge in [0, 0.05) is 30.4 Å². The first-order valence-corrected chi connectivity index (χ1v) is 11.2. The zero-order valence-corrected chi connectivity index (χ0v) is 16.8. The second-order valence-corrected chi connectivity index (χ2v) is 10.2. The maximum Gasteiger partial charge on any atom is 0.250 e. The van der Waals surface area contributed by atoms with Gasteiger partial charge in [0.15, 0.2) is 0 Å². The molecule has 0 radical (unpaired) electrons. The molecule has 0 aromatic carbocycles. The van der Waals surface area contributed by atoms with Gasteiger partial charge >= 0.3 is 0 Å². The Morgan fingerprint density at radius 1 is 1.40 bits per heavy atom. The molecule has 1 aromatic rings. The highest BCUT2D eigenvalue weighted by Gasteiger charge is 2.27. The van der Waals surface area contributed by atoms with Crippen LogP contribution in [-0.2, 0) is 21.2 Å². The van der Waals surface area contributed by atoms with Crippen LogP contribution >= 0.6 is 11.3 Å². The predicted molar refractivity (Wildman–Crippen MR) is 101 cm³/mol. The minimum Gasteiger partial charge on any atom is -0.356 e. The van der Waals surface area contributed by atoms with Gasteiger partial charge in [0.05, 0.1) is 0 Å². The fourth-order valence-corrected chi connectivity index (χ4v) is 5.53. The van der Waals surface area contributed by atoms with E-state index in [1.807, 2.05) is 19.9 Å². The molecule has 8 heteroatoms. The van der Waals surface area contributed by atoms with Crippen LogP contribution in [0.5, 0.6) is 0 Å². The quantitative estimate of drug-likeness (QED) is 0.634. The molecule has 2 heterocycles. The van der Waals surface area contributed by atoms with Crippen LogP contribution in [0.1, 0.15) is 38.5 Å². The van der Waals surface area contributed by atoms with Gasteiger partial charge in [-0.25, -0.2) is 13.1 Å². The van der Waals surface area contributed by atoms with Crippen LogP contribution < -0.4 is 15.4 Å². The van der Waals surface area contributed by atoms with Gasteiger partial charge in [0.1, 0.15) is 4.21 Å². The fourth-order valence-electron chi connectivity index (χ4n) is 2.81. The second-order valence-electron chi connectivity index (χ2n) is 7.12. The highest BCUT2D eigenvalue weighted by molar-refractivity contribution is 7.91. The van der Waals surface area contributed by atoms with E-state index in [2.05, 4.69) is 22.3 Å². The summed E-state index contributed by atoms with van der Waals surface area (Å²) >= 11 is 1.27. The summed E-state index contributed by atoms with van der Waals surface area (Å²) in [6.07, 6.45) is 2.13. The largest absolute Gasteiger partial charge is 0.356 e. The summed E-state index contributed by atoms with van der Waals surface area (Å²) in [7, 11) is -3.49. The molecule has 6 nitrogen and oxygen atoms in total. The first-order chi connectivity index (χ1) is 11.8. The van der Waals surface area contributed by atoms with Gasteiger partial charge in [-0.3, -0.25) is 4.79 Å². The lowest BCUT2D eigenvalue weighted by molar-refractivity contribution is -0.121. The van der Waals surface area contributed by atoms with Crippen molar-refractivity contribution in [3.05, 3.63) is 17.0 Å². The van der Waals surface area contributed by atoms with E-state index in [4.69, 9.17) is 0 Å². The number of thiophene rings is 1. The van der Waals surface area contributed by atoms with E-state index in [1.54, 1.807) is 6.07 Å². The van der Waals surface area contributed by atoms with Crippen LogP contribution in [0.4, 0.5) is 0 Å². The predicted octanol–water partition coefficient (Wildman–Crippen LogP) is 1.73. The molecule has 1 aromatic heterocycles. The first kappa shape index (κ1) is 20.4.